The van der Waals surface area contributed by atoms with Crippen LogP contribution in [0.5, 0.6) is 0 Å². The number of carbonyl (C=O) groups is 2. The van der Waals surface area contributed by atoms with E-state index in [2.05, 4.69) is 4.74 Å². The van der Waals surface area contributed by atoms with Gasteiger partial charge in [-0.1, -0.05) is 13.8 Å². The molecule has 0 radical (unpaired) electrons. The van der Waals surface area contributed by atoms with Crippen LogP contribution in [0.15, 0.2) is 0 Å². The quantitative estimate of drug-likeness (QED) is 0.569. The normalized spacial score (nSPS) is 22.6. The molecule has 0 aromatic rings. The van der Waals surface area contributed by atoms with Crippen LogP contribution >= 0.6 is 0 Å². The molecule has 0 amide bonds. The Morgan fingerprint density at radius 2 is 2.33 bits per heavy atom. The molecule has 0 aliphatic carbocycles. The largest absolute Gasteiger partial charge is 0.463 e. The molecule has 1 aliphatic rings. The third-order valence-electron chi connectivity index (χ3n) is 1.62. The molecular formula is C8H12O4. The third-order valence-corrected chi connectivity index (χ3v) is 1.62. The monoisotopic (exact) mass is 172 g/mol. The number of carbonyl (C=O) groups excluding carboxylic acids is 2. The molecule has 0 aromatic carbocycles. The van der Waals surface area contributed by atoms with E-state index in [1.165, 1.54) is 0 Å². The van der Waals surface area contributed by atoms with Crippen LogP contribution in [0.25, 0.3) is 0 Å². The zero-order valence-electron chi connectivity index (χ0n) is 7.20. The molecule has 0 bridgehead atoms. The van der Waals surface area contributed by atoms with Crippen LogP contribution in [-0.4, -0.2) is 24.6 Å². The molecule has 1 saturated heterocycles. The van der Waals surface area contributed by atoms with Crippen molar-refractivity contribution in [3.05, 3.63) is 0 Å². The van der Waals surface area contributed by atoms with Gasteiger partial charge in [-0.25, -0.2) is 4.79 Å². The van der Waals surface area contributed by atoms with Crippen LogP contribution in [0.1, 0.15) is 20.3 Å². The predicted octanol–water partition coefficient (Wildman–Crippen LogP) is 0.501. The number of ether oxygens (including phenoxy) is 2. The van der Waals surface area contributed by atoms with Crippen molar-refractivity contribution in [2.75, 3.05) is 6.61 Å². The van der Waals surface area contributed by atoms with Gasteiger partial charge >= 0.3 is 11.9 Å². The maximum atomic E-state index is 11.0. The summed E-state index contributed by atoms with van der Waals surface area (Å²) < 4.78 is 9.50. The zero-order chi connectivity index (χ0) is 9.14. The molecule has 0 saturated carbocycles. The van der Waals surface area contributed by atoms with Crippen molar-refractivity contribution in [1.82, 2.24) is 0 Å². The summed E-state index contributed by atoms with van der Waals surface area (Å²) >= 11 is 0. The maximum Gasteiger partial charge on any atom is 0.347 e. The fourth-order valence-corrected chi connectivity index (χ4v) is 0.861. The highest BCUT2D eigenvalue weighted by molar-refractivity contribution is 5.81. The second-order valence-electron chi connectivity index (χ2n) is 3.04. The summed E-state index contributed by atoms with van der Waals surface area (Å²) in [6.07, 6.45) is -0.183. The Hall–Kier alpha value is -1.06. The second kappa shape index (κ2) is 3.56. The van der Waals surface area contributed by atoms with Gasteiger partial charge in [0, 0.05) is 6.42 Å². The molecule has 0 N–H and O–H groups in total. The summed E-state index contributed by atoms with van der Waals surface area (Å²) in [5.74, 6) is -0.971. The topological polar surface area (TPSA) is 52.6 Å². The Bertz CT molecular complexity index is 197. The molecule has 0 aromatic heterocycles. The van der Waals surface area contributed by atoms with E-state index >= 15 is 0 Å². The zero-order valence-corrected chi connectivity index (χ0v) is 7.20. The maximum absolute atomic E-state index is 11.0. The minimum Gasteiger partial charge on any atom is -0.463 e. The van der Waals surface area contributed by atoms with Crippen molar-refractivity contribution >= 4 is 11.9 Å². The molecule has 4 nitrogen and oxygen atoms in total. The molecule has 1 heterocycles. The van der Waals surface area contributed by atoms with Gasteiger partial charge in [0.2, 0.25) is 6.10 Å². The lowest BCUT2D eigenvalue weighted by molar-refractivity contribution is -0.162. The number of hydrogen-bond donors (Lipinski definition) is 0. The molecule has 1 aliphatic heterocycles. The highest BCUT2D eigenvalue weighted by Gasteiger charge is 2.30. The summed E-state index contributed by atoms with van der Waals surface area (Å²) in [6, 6.07) is 0. The van der Waals surface area contributed by atoms with Crippen LogP contribution in [0, 0.1) is 5.92 Å². The Balaban J connectivity index is 2.40. The number of hydrogen-bond acceptors (Lipinski definition) is 4. The van der Waals surface area contributed by atoms with Gasteiger partial charge in [0.25, 0.3) is 0 Å². The number of rotatable bonds is 2. The lowest BCUT2D eigenvalue weighted by Gasteiger charge is -2.09. The fourth-order valence-electron chi connectivity index (χ4n) is 0.861. The van der Waals surface area contributed by atoms with E-state index in [4.69, 9.17) is 4.74 Å². The predicted molar refractivity (Wildman–Crippen MR) is 40.3 cm³/mol. The van der Waals surface area contributed by atoms with E-state index in [0.717, 1.165) is 0 Å². The van der Waals surface area contributed by atoms with E-state index in [1.54, 1.807) is 13.8 Å². The molecule has 1 atom stereocenters. The highest BCUT2D eigenvalue weighted by atomic mass is 16.6. The van der Waals surface area contributed by atoms with Crippen molar-refractivity contribution < 1.29 is 19.1 Å². The van der Waals surface area contributed by atoms with E-state index in [1.807, 2.05) is 0 Å². The summed E-state index contributed by atoms with van der Waals surface area (Å²) in [6.45, 7) is 3.81. The number of esters is 2. The Morgan fingerprint density at radius 1 is 1.67 bits per heavy atom. The standard InChI is InChI=1S/C8H12O4/c1-5(2)7(9)12-6-3-4-11-8(6)10/h5-6H,3-4H2,1-2H3/t6-/m0/s1. The second-order valence-corrected chi connectivity index (χ2v) is 3.04. The van der Waals surface area contributed by atoms with Gasteiger partial charge < -0.3 is 9.47 Å². The van der Waals surface area contributed by atoms with E-state index in [0.29, 0.717) is 13.0 Å². The van der Waals surface area contributed by atoms with E-state index < -0.39 is 12.1 Å². The molecule has 68 valence electrons. The summed E-state index contributed by atoms with van der Waals surface area (Å²) in [5.41, 5.74) is 0. The van der Waals surface area contributed by atoms with Gasteiger partial charge in [-0.05, 0) is 0 Å². The molecule has 12 heavy (non-hydrogen) atoms. The van der Waals surface area contributed by atoms with E-state index in [9.17, 15) is 9.59 Å². The van der Waals surface area contributed by atoms with Crippen LogP contribution in [0.4, 0.5) is 0 Å². The molecule has 0 spiro atoms. The van der Waals surface area contributed by atoms with Crippen molar-refractivity contribution in [3.8, 4) is 0 Å². The van der Waals surface area contributed by atoms with Gasteiger partial charge in [-0.2, -0.15) is 0 Å². The first-order valence-electron chi connectivity index (χ1n) is 3.98. The summed E-state index contributed by atoms with van der Waals surface area (Å²) in [4.78, 5) is 21.8. The van der Waals surface area contributed by atoms with Crippen LogP contribution < -0.4 is 0 Å². The van der Waals surface area contributed by atoms with Crippen LogP contribution in [0.3, 0.4) is 0 Å². The van der Waals surface area contributed by atoms with Crippen LogP contribution in [-0.2, 0) is 19.1 Å². The van der Waals surface area contributed by atoms with E-state index in [-0.39, 0.29) is 11.9 Å². The average molecular weight is 172 g/mol. The van der Waals surface area contributed by atoms with Crippen LogP contribution in [0.2, 0.25) is 0 Å². The van der Waals surface area contributed by atoms with Crippen molar-refractivity contribution in [2.45, 2.75) is 26.4 Å². The lowest BCUT2D eigenvalue weighted by Crippen LogP contribution is -2.25. The average Bonchev–Trinajstić information content (AvgIpc) is 2.36. The minimum absolute atomic E-state index is 0.196. The van der Waals surface area contributed by atoms with Crippen molar-refractivity contribution in [1.29, 1.82) is 0 Å². The molecule has 0 unspecified atom stereocenters. The van der Waals surface area contributed by atoms with Gasteiger partial charge in [-0.3, -0.25) is 4.79 Å². The summed E-state index contributed by atoms with van der Waals surface area (Å²) in [5, 5.41) is 0. The highest BCUT2D eigenvalue weighted by Crippen LogP contribution is 2.12. The summed E-state index contributed by atoms with van der Waals surface area (Å²) in [7, 11) is 0. The minimum atomic E-state index is -0.667. The third kappa shape index (κ3) is 1.96. The fraction of sp³-hybridized carbons (Fsp3) is 0.750. The molecular weight excluding hydrogens is 160 g/mol. The van der Waals surface area contributed by atoms with Gasteiger partial charge in [0.15, 0.2) is 0 Å². The molecule has 4 heteroatoms. The molecule has 1 rings (SSSR count). The van der Waals surface area contributed by atoms with Crippen molar-refractivity contribution in [2.24, 2.45) is 5.92 Å². The van der Waals surface area contributed by atoms with Crippen molar-refractivity contribution in [3.63, 3.8) is 0 Å². The smallest absolute Gasteiger partial charge is 0.347 e. The van der Waals surface area contributed by atoms with Gasteiger partial charge in [0.1, 0.15) is 0 Å². The van der Waals surface area contributed by atoms with Gasteiger partial charge in [-0.15, -0.1) is 0 Å². The first kappa shape index (κ1) is 9.03. The first-order valence-corrected chi connectivity index (χ1v) is 3.98. The lowest BCUT2D eigenvalue weighted by atomic mass is 10.2. The first-order chi connectivity index (χ1) is 5.61. The Labute approximate surface area is 70.8 Å². The molecule has 1 fully saturated rings. The Morgan fingerprint density at radius 3 is 2.75 bits per heavy atom. The van der Waals surface area contributed by atoms with Gasteiger partial charge in [0.05, 0.1) is 12.5 Å². The Kier molecular flexibility index (Phi) is 2.68. The SMILES string of the molecule is CC(C)C(=O)O[C@H]1CCOC1=O. The number of cyclic esters (lactones) is 1.